The lowest BCUT2D eigenvalue weighted by molar-refractivity contribution is 0.209. The highest BCUT2D eigenvalue weighted by Gasteiger charge is 2.54. The van der Waals surface area contributed by atoms with Crippen molar-refractivity contribution in [3.63, 3.8) is 0 Å². The lowest BCUT2D eigenvalue weighted by Gasteiger charge is -2.22. The molecule has 1 fully saturated rings. The van der Waals surface area contributed by atoms with Crippen LogP contribution in [0, 0.1) is 15.2 Å². The summed E-state index contributed by atoms with van der Waals surface area (Å²) in [5.74, 6) is -1.50. The average molecular weight is 641 g/mol. The van der Waals surface area contributed by atoms with Crippen molar-refractivity contribution in [2.24, 2.45) is 0 Å². The first-order valence-electron chi connectivity index (χ1n) is 11.0. The first kappa shape index (κ1) is 26.7. The Labute approximate surface area is 225 Å². The standard InChI is InChI=1S/C25H22F2IN3O5S/c1-2-8-25(9-10-25)37(34,35)31-23-21(30-20-7-6-16(28)13-19(20)27)11-15(26)12-22(23)36-18-5-3-4-17(14-18)29-24(32)33/h2-7,11-14,29-31H,1,8-10H2,(H,32,33). The van der Waals surface area contributed by atoms with Gasteiger partial charge in [0.15, 0.2) is 5.75 Å². The SMILES string of the molecule is C=CCC1(S(=O)(=O)Nc2c(Nc3ccc(I)cc3F)cc(F)cc2Oc2cccc(NC(=O)O)c2)CC1. The van der Waals surface area contributed by atoms with Gasteiger partial charge in [-0.1, -0.05) is 12.1 Å². The van der Waals surface area contributed by atoms with E-state index in [0.717, 1.165) is 12.1 Å². The fourth-order valence-electron chi connectivity index (χ4n) is 3.72. The number of anilines is 4. The van der Waals surface area contributed by atoms with Gasteiger partial charge in [0.25, 0.3) is 0 Å². The fourth-order valence-corrected chi connectivity index (χ4v) is 5.84. The summed E-state index contributed by atoms with van der Waals surface area (Å²) in [6.07, 6.45) is 1.29. The molecule has 0 unspecified atom stereocenters. The fraction of sp³-hybridized carbons (Fsp3) is 0.160. The summed E-state index contributed by atoms with van der Waals surface area (Å²) >= 11 is 1.94. The molecule has 3 aromatic rings. The van der Waals surface area contributed by atoms with Gasteiger partial charge in [0.05, 0.1) is 16.1 Å². The molecule has 0 atom stereocenters. The highest BCUT2D eigenvalue weighted by atomic mass is 127. The Morgan fingerprint density at radius 3 is 2.54 bits per heavy atom. The maximum Gasteiger partial charge on any atom is 0.409 e. The zero-order chi connectivity index (χ0) is 26.8. The van der Waals surface area contributed by atoms with Gasteiger partial charge in [-0.25, -0.2) is 22.0 Å². The van der Waals surface area contributed by atoms with Gasteiger partial charge in [-0.3, -0.25) is 10.0 Å². The number of hydrogen-bond acceptors (Lipinski definition) is 5. The second-order valence-corrected chi connectivity index (χ2v) is 11.7. The van der Waals surface area contributed by atoms with Gasteiger partial charge in [-0.2, -0.15) is 0 Å². The molecule has 3 aromatic carbocycles. The largest absolute Gasteiger partial charge is 0.465 e. The first-order valence-corrected chi connectivity index (χ1v) is 13.5. The van der Waals surface area contributed by atoms with Gasteiger partial charge < -0.3 is 15.2 Å². The van der Waals surface area contributed by atoms with Gasteiger partial charge >= 0.3 is 6.09 Å². The molecule has 0 spiro atoms. The van der Waals surface area contributed by atoms with E-state index >= 15 is 0 Å². The molecule has 1 aliphatic rings. The number of ether oxygens (including phenoxy) is 1. The van der Waals surface area contributed by atoms with Gasteiger partial charge in [0.2, 0.25) is 10.0 Å². The number of rotatable bonds is 10. The summed E-state index contributed by atoms with van der Waals surface area (Å²) in [6, 6.07) is 12.2. The molecule has 0 aromatic heterocycles. The van der Waals surface area contributed by atoms with E-state index in [-0.39, 0.29) is 40.7 Å². The van der Waals surface area contributed by atoms with Crippen LogP contribution in [-0.2, 0) is 10.0 Å². The predicted octanol–water partition coefficient (Wildman–Crippen LogP) is 7.05. The molecule has 0 heterocycles. The number of carboxylic acid groups (broad SMARTS) is 1. The second kappa shape index (κ2) is 10.5. The minimum atomic E-state index is -4.00. The van der Waals surface area contributed by atoms with Crippen LogP contribution in [0.1, 0.15) is 19.3 Å². The molecule has 194 valence electrons. The van der Waals surface area contributed by atoms with Gasteiger partial charge in [0, 0.05) is 21.4 Å². The third-order valence-electron chi connectivity index (χ3n) is 5.71. The summed E-state index contributed by atoms with van der Waals surface area (Å²) in [5, 5.41) is 13.9. The molecule has 4 N–H and O–H groups in total. The highest BCUT2D eigenvalue weighted by Crippen LogP contribution is 2.49. The number of allylic oxidation sites excluding steroid dienone is 1. The molecule has 1 amide bonds. The van der Waals surface area contributed by atoms with Crippen LogP contribution < -0.4 is 20.1 Å². The number of amides is 1. The van der Waals surface area contributed by atoms with Crippen LogP contribution in [0.15, 0.2) is 67.3 Å². The molecule has 0 radical (unpaired) electrons. The van der Waals surface area contributed by atoms with E-state index in [1.807, 2.05) is 22.6 Å². The Morgan fingerprint density at radius 1 is 1.14 bits per heavy atom. The molecule has 0 bridgehead atoms. The number of sulfonamides is 1. The van der Waals surface area contributed by atoms with Crippen LogP contribution in [0.4, 0.5) is 36.3 Å². The van der Waals surface area contributed by atoms with Crippen molar-refractivity contribution in [3.8, 4) is 11.5 Å². The minimum absolute atomic E-state index is 0.00250. The van der Waals surface area contributed by atoms with Crippen LogP contribution in [0.5, 0.6) is 11.5 Å². The zero-order valence-electron chi connectivity index (χ0n) is 19.2. The third-order valence-corrected chi connectivity index (χ3v) is 8.57. The van der Waals surface area contributed by atoms with E-state index in [2.05, 4.69) is 21.9 Å². The maximum atomic E-state index is 14.7. The Hall–Kier alpha value is -3.39. The summed E-state index contributed by atoms with van der Waals surface area (Å²) in [6.45, 7) is 3.64. The van der Waals surface area contributed by atoms with Crippen molar-refractivity contribution in [3.05, 3.63) is 82.5 Å². The quantitative estimate of drug-likeness (QED) is 0.139. The van der Waals surface area contributed by atoms with E-state index in [1.165, 1.54) is 42.5 Å². The predicted molar refractivity (Wildman–Crippen MR) is 146 cm³/mol. The number of hydrogen-bond donors (Lipinski definition) is 4. The lowest BCUT2D eigenvalue weighted by Crippen LogP contribution is -2.29. The molecule has 1 saturated carbocycles. The highest BCUT2D eigenvalue weighted by molar-refractivity contribution is 14.1. The Kier molecular flexibility index (Phi) is 7.59. The Bertz CT molecular complexity index is 1480. The summed E-state index contributed by atoms with van der Waals surface area (Å²) in [7, 11) is -4.00. The van der Waals surface area contributed by atoms with Crippen LogP contribution >= 0.6 is 22.6 Å². The molecule has 0 aliphatic heterocycles. The smallest absolute Gasteiger partial charge is 0.409 e. The Balaban J connectivity index is 1.79. The summed E-state index contributed by atoms with van der Waals surface area (Å²) in [4.78, 5) is 11.0. The summed E-state index contributed by atoms with van der Waals surface area (Å²) in [5.41, 5.74) is -0.0257. The molecule has 37 heavy (non-hydrogen) atoms. The van der Waals surface area contributed by atoms with Gasteiger partial charge in [0.1, 0.15) is 23.1 Å². The van der Waals surface area contributed by atoms with Crippen molar-refractivity contribution < 1.29 is 31.8 Å². The van der Waals surface area contributed by atoms with E-state index in [9.17, 15) is 22.0 Å². The lowest BCUT2D eigenvalue weighted by atomic mass is 10.2. The van der Waals surface area contributed by atoms with Gasteiger partial charge in [-0.05, 0) is 78.3 Å². The second-order valence-electron chi connectivity index (χ2n) is 8.42. The summed E-state index contributed by atoms with van der Waals surface area (Å²) < 4.78 is 64.0. The normalized spacial score (nSPS) is 13.9. The molecule has 1 aliphatic carbocycles. The van der Waals surface area contributed by atoms with Crippen molar-refractivity contribution >= 4 is 61.5 Å². The number of carbonyl (C=O) groups is 1. The van der Waals surface area contributed by atoms with Gasteiger partial charge in [-0.15, -0.1) is 6.58 Å². The third kappa shape index (κ3) is 6.13. The topological polar surface area (TPSA) is 117 Å². The van der Waals surface area contributed by atoms with E-state index in [0.29, 0.717) is 16.4 Å². The molecule has 12 heteroatoms. The average Bonchev–Trinajstić information content (AvgIpc) is 3.59. The Morgan fingerprint density at radius 2 is 1.89 bits per heavy atom. The molecule has 4 rings (SSSR count). The molecule has 8 nitrogen and oxygen atoms in total. The number of benzene rings is 3. The minimum Gasteiger partial charge on any atom is -0.465 e. The van der Waals surface area contributed by atoms with Crippen molar-refractivity contribution in [1.29, 1.82) is 0 Å². The maximum absolute atomic E-state index is 14.7. The van der Waals surface area contributed by atoms with Crippen LogP contribution in [-0.4, -0.2) is 24.4 Å². The molecular formula is C25H22F2IN3O5S. The van der Waals surface area contributed by atoms with E-state index in [4.69, 9.17) is 9.84 Å². The monoisotopic (exact) mass is 641 g/mol. The zero-order valence-corrected chi connectivity index (χ0v) is 22.2. The van der Waals surface area contributed by atoms with Crippen molar-refractivity contribution in [1.82, 2.24) is 0 Å². The molecular weight excluding hydrogens is 619 g/mol. The van der Waals surface area contributed by atoms with Crippen LogP contribution in [0.25, 0.3) is 0 Å². The van der Waals surface area contributed by atoms with Crippen LogP contribution in [0.3, 0.4) is 0 Å². The number of nitrogens with one attached hydrogen (secondary N) is 3. The first-order chi connectivity index (χ1) is 17.5. The van der Waals surface area contributed by atoms with E-state index < -0.39 is 32.5 Å². The van der Waals surface area contributed by atoms with Crippen molar-refractivity contribution in [2.75, 3.05) is 15.4 Å². The van der Waals surface area contributed by atoms with Crippen molar-refractivity contribution in [2.45, 2.75) is 24.0 Å². The van der Waals surface area contributed by atoms with E-state index in [1.54, 1.807) is 6.07 Å². The molecule has 0 saturated heterocycles. The number of halogens is 3. The van der Waals surface area contributed by atoms with Crippen LogP contribution in [0.2, 0.25) is 0 Å².